The monoisotopic (exact) mass is 1120 g/mol. The van der Waals surface area contributed by atoms with Gasteiger partial charge in [0.15, 0.2) is 56.0 Å². The Morgan fingerprint density at radius 2 is 1.04 bits per heavy atom. The number of pyridine rings is 1. The molecule has 29 nitrogen and oxygen atoms in total. The molecule has 5 N–H and O–H groups in total. The zero-order chi connectivity index (χ0) is 47.3. The molecule has 0 saturated heterocycles. The number of carbonyl (C=O) groups is 1. The molecular formula is C30H30N10Na4O19S6. The van der Waals surface area contributed by atoms with E-state index < -0.39 is 113 Å². The quantitative estimate of drug-likeness (QED) is 0.0118. The maximum Gasteiger partial charge on any atom is 1.00 e. The molecule has 0 saturated carbocycles. The molecule has 4 aromatic rings. The van der Waals surface area contributed by atoms with E-state index in [1.807, 2.05) is 0 Å². The molecule has 1 heterocycles. The van der Waals surface area contributed by atoms with Gasteiger partial charge in [-0.3, -0.25) is 23.2 Å². The number of sulfone groups is 2. The molecule has 3 aromatic carbocycles. The molecule has 0 aliphatic carbocycles. The van der Waals surface area contributed by atoms with Crippen LogP contribution in [0.25, 0.3) is 0 Å². The van der Waals surface area contributed by atoms with Gasteiger partial charge in [-0.25, -0.2) is 38.7 Å². The maximum absolute atomic E-state index is 12.7. The van der Waals surface area contributed by atoms with Crippen LogP contribution in [0.3, 0.4) is 0 Å². The standard InChI is InChI=1S/C29H30N10O19S6.CH4.4Na/c1-16(40)32-21-13-23(27(64(50,51)52)15-22(21)36-34-17-2-4-18(5-3-17)61(43,44)10-8-53-59-57-55-41)37-39-25-14-24(28(30)33-29(25)31)38-35-20-7-6-19(12-26(20)63(47,48)49)62(45,46)11-9-54-60-58-56-42;;;;;/h2-7,12-15,41-42H,8-11H2,1H3,(H,32,40)(H4,30,31,33)(H,47,48,49)(H,50,51,52);1H4;;;;/q;;4*+1/p-4. The first kappa shape index (κ1) is 69.9. The van der Waals surface area contributed by atoms with Gasteiger partial charge in [0.2, 0.25) is 5.91 Å². The summed E-state index contributed by atoms with van der Waals surface area (Å²) in [6.45, 7) is 0.148. The van der Waals surface area contributed by atoms with Crippen LogP contribution in [0.4, 0.5) is 51.4 Å². The van der Waals surface area contributed by atoms with Gasteiger partial charge in [-0.15, -0.1) is 34.2 Å². The van der Waals surface area contributed by atoms with Crippen molar-refractivity contribution in [2.75, 3.05) is 41.5 Å². The van der Waals surface area contributed by atoms with Crippen molar-refractivity contribution in [2.24, 2.45) is 30.7 Å². The molecule has 0 aliphatic heterocycles. The van der Waals surface area contributed by atoms with Crippen molar-refractivity contribution >= 4 is 122 Å². The van der Waals surface area contributed by atoms with Gasteiger partial charge in [0.25, 0.3) is 0 Å². The summed E-state index contributed by atoms with van der Waals surface area (Å²) in [4.78, 5) is 13.0. The number of benzene rings is 3. The van der Waals surface area contributed by atoms with Crippen LogP contribution in [-0.2, 0) is 71.8 Å². The Balaban J connectivity index is 0. The topological polar surface area (TPSA) is 452 Å². The summed E-state index contributed by atoms with van der Waals surface area (Å²) in [6.07, 6.45) is 0. The fraction of sp³-hybridized carbons (Fsp3) is 0.200. The Kier molecular flexibility index (Phi) is 32.6. The summed E-state index contributed by atoms with van der Waals surface area (Å²) in [7, 11) is -19.0. The van der Waals surface area contributed by atoms with Crippen molar-refractivity contribution < 1.29 is 203 Å². The molecule has 39 heteroatoms. The molecule has 354 valence electrons. The van der Waals surface area contributed by atoms with Crippen LogP contribution in [0.15, 0.2) is 111 Å². The molecule has 0 radical (unpaired) electrons. The first-order valence-electron chi connectivity index (χ1n) is 16.4. The fourth-order valence-corrected chi connectivity index (χ4v) is 8.72. The second-order valence-electron chi connectivity index (χ2n) is 11.6. The van der Waals surface area contributed by atoms with Crippen LogP contribution in [0.2, 0.25) is 0 Å². The molecule has 0 aliphatic rings. The summed E-state index contributed by atoms with van der Waals surface area (Å²) in [5.41, 5.74) is 9.09. The Morgan fingerprint density at radius 3 is 1.52 bits per heavy atom. The number of hydrogen-bond donors (Lipinski definition) is 3. The van der Waals surface area contributed by atoms with Gasteiger partial charge in [0.05, 0.1) is 55.7 Å². The van der Waals surface area contributed by atoms with Gasteiger partial charge in [0, 0.05) is 13.0 Å². The predicted octanol–water partition coefficient (Wildman–Crippen LogP) is -8.94. The third-order valence-electron chi connectivity index (χ3n) is 7.33. The Labute approximate surface area is 490 Å². The van der Waals surface area contributed by atoms with Gasteiger partial charge >= 0.3 is 118 Å². The molecule has 1 aromatic heterocycles. The van der Waals surface area contributed by atoms with Crippen LogP contribution < -0.4 is 146 Å². The number of carbonyl (C=O) groups excluding carboxylic acids is 1. The van der Waals surface area contributed by atoms with Crippen LogP contribution in [-0.4, -0.2) is 78.4 Å². The number of amides is 1. The van der Waals surface area contributed by atoms with E-state index in [-0.39, 0.29) is 179 Å². The van der Waals surface area contributed by atoms with E-state index in [1.165, 1.54) is 24.3 Å². The SMILES string of the molecule is C.CC(=O)Nc1cc(N=Nc2cc(N=Nc3ccc(S(=O)(=O)CCOSOO[O-])cc3S(=O)(=O)[O-])c(N)nc2N)c(S(=O)(=O)[O-])cc1N=Nc1ccc(S(=O)(=O)CCOSOO[O-])cc1.[Na+].[Na+].[Na+].[Na+]. The van der Waals surface area contributed by atoms with E-state index in [0.29, 0.717) is 12.1 Å². The third kappa shape index (κ3) is 22.0. The first-order chi connectivity index (χ1) is 30.1. The van der Waals surface area contributed by atoms with Crippen LogP contribution in [0.5, 0.6) is 0 Å². The average Bonchev–Trinajstić information content (AvgIpc) is 3.21. The van der Waals surface area contributed by atoms with E-state index in [0.717, 1.165) is 31.2 Å². The van der Waals surface area contributed by atoms with Gasteiger partial charge < -0.3 is 36.4 Å². The van der Waals surface area contributed by atoms with Crippen LogP contribution in [0, 0.1) is 0 Å². The Morgan fingerprint density at radius 1 is 0.609 bits per heavy atom. The van der Waals surface area contributed by atoms with Crippen molar-refractivity contribution in [2.45, 2.75) is 33.9 Å². The van der Waals surface area contributed by atoms with Crippen molar-refractivity contribution in [3.8, 4) is 0 Å². The minimum absolute atomic E-state index is 0. The Bertz CT molecular complexity index is 2910. The minimum atomic E-state index is -5.40. The van der Waals surface area contributed by atoms with Gasteiger partial charge in [-0.05, 0) is 54.6 Å². The van der Waals surface area contributed by atoms with Crippen molar-refractivity contribution in [3.63, 3.8) is 0 Å². The van der Waals surface area contributed by atoms with Crippen LogP contribution >= 0.6 is 24.6 Å². The summed E-state index contributed by atoms with van der Waals surface area (Å²) >= 11 is 0.156. The van der Waals surface area contributed by atoms with Crippen LogP contribution in [0.1, 0.15) is 14.4 Å². The summed E-state index contributed by atoms with van der Waals surface area (Å²) in [5, 5.41) is 50.9. The van der Waals surface area contributed by atoms with Gasteiger partial charge in [-0.1, -0.05) is 7.43 Å². The van der Waals surface area contributed by atoms with Crippen molar-refractivity contribution in [1.29, 1.82) is 0 Å². The van der Waals surface area contributed by atoms with Gasteiger partial charge in [0.1, 0.15) is 48.7 Å². The second kappa shape index (κ2) is 32.2. The molecule has 0 unspecified atom stereocenters. The molecule has 0 fully saturated rings. The molecule has 1 amide bonds. The van der Waals surface area contributed by atoms with E-state index in [2.05, 4.69) is 63.9 Å². The van der Waals surface area contributed by atoms with Gasteiger partial charge in [-0.2, -0.15) is 5.11 Å². The normalized spacial score (nSPS) is 11.8. The summed E-state index contributed by atoms with van der Waals surface area (Å²) in [6, 6.07) is 9.63. The molecule has 0 spiro atoms. The van der Waals surface area contributed by atoms with E-state index in [4.69, 9.17) is 15.7 Å². The number of rotatable bonds is 23. The predicted molar refractivity (Wildman–Crippen MR) is 217 cm³/mol. The smallest absolute Gasteiger partial charge is 0.744 e. The zero-order valence-corrected chi connectivity index (χ0v) is 48.5. The summed E-state index contributed by atoms with van der Waals surface area (Å²) in [5.74, 6) is -2.86. The molecule has 4 rings (SSSR count). The molecular weight excluding hydrogens is 1090 g/mol. The number of anilines is 3. The zero-order valence-electron chi connectivity index (χ0n) is 35.6. The molecule has 0 bridgehead atoms. The largest absolute Gasteiger partial charge is 1.00 e. The number of azo groups is 3. The first-order valence-corrected chi connectivity index (χ1v) is 23.9. The van der Waals surface area contributed by atoms with E-state index in [9.17, 15) is 58.1 Å². The number of nitrogen functional groups attached to an aromatic ring is 2. The third-order valence-corrected chi connectivity index (χ3v) is 13.2. The van der Waals surface area contributed by atoms with E-state index in [1.54, 1.807) is 0 Å². The van der Waals surface area contributed by atoms with Crippen molar-refractivity contribution in [1.82, 2.24) is 4.98 Å². The van der Waals surface area contributed by atoms with E-state index >= 15 is 0 Å². The number of nitrogens with zero attached hydrogens (tertiary/aromatic N) is 7. The number of hydrogen-bond acceptors (Lipinski definition) is 30. The summed E-state index contributed by atoms with van der Waals surface area (Å²) < 4.78 is 141. The van der Waals surface area contributed by atoms with Crippen molar-refractivity contribution in [3.05, 3.63) is 60.7 Å². The minimum Gasteiger partial charge on any atom is -0.744 e. The number of nitrogens with one attached hydrogen (secondary N) is 1. The number of aromatic nitrogens is 1. The Hall–Kier alpha value is -1.22. The average molecular weight is 1120 g/mol. The fourth-order valence-electron chi connectivity index (χ4n) is 4.56. The maximum atomic E-state index is 12.7. The molecule has 0 atom stereocenters. The molecule has 69 heavy (non-hydrogen) atoms. The second-order valence-corrected chi connectivity index (χ2v) is 19.6. The number of nitrogens with two attached hydrogens (primary N) is 2.